The molecule has 3 N–H and O–H groups in total. The average Bonchev–Trinajstić information content (AvgIpc) is 2.74. The van der Waals surface area contributed by atoms with Gasteiger partial charge in [0, 0.05) is 10.5 Å². The second-order valence-electron chi connectivity index (χ2n) is 6.89. The van der Waals surface area contributed by atoms with Crippen molar-refractivity contribution in [2.45, 2.75) is 22.0 Å². The second-order valence-corrected chi connectivity index (χ2v) is 9.92. The zero-order valence-electron chi connectivity index (χ0n) is 16.6. The van der Waals surface area contributed by atoms with E-state index in [4.69, 9.17) is 0 Å². The largest absolute Gasteiger partial charge is 0.324 e. The molecule has 0 bridgehead atoms. The molecule has 32 heavy (non-hydrogen) atoms. The molecule has 4 rings (SSSR count). The van der Waals surface area contributed by atoms with E-state index in [1.165, 1.54) is 42.1 Å². The molecule has 3 aromatic carbocycles. The van der Waals surface area contributed by atoms with Crippen molar-refractivity contribution in [1.82, 2.24) is 0 Å². The number of nitrogens with one attached hydrogen (secondary N) is 3. The molecule has 10 heteroatoms. The van der Waals surface area contributed by atoms with Crippen molar-refractivity contribution in [3.8, 4) is 0 Å². The first-order valence-electron chi connectivity index (χ1n) is 9.36. The van der Waals surface area contributed by atoms with E-state index in [1.54, 1.807) is 25.1 Å². The van der Waals surface area contributed by atoms with Crippen LogP contribution in [0.3, 0.4) is 0 Å². The maximum absolute atomic E-state index is 13.3. The number of carbonyl (C=O) groups excluding carboxylic acids is 2. The van der Waals surface area contributed by atoms with Gasteiger partial charge < -0.3 is 10.6 Å². The monoisotopic (exact) mass is 469 g/mol. The topological polar surface area (TPSA) is 104 Å². The highest BCUT2D eigenvalue weighted by Gasteiger charge is 2.24. The van der Waals surface area contributed by atoms with Gasteiger partial charge in [-0.3, -0.25) is 14.3 Å². The number of carbonyl (C=O) groups is 2. The maximum atomic E-state index is 13.3. The number of rotatable bonds is 5. The zero-order chi connectivity index (χ0) is 22.9. The van der Waals surface area contributed by atoms with Gasteiger partial charge in [-0.2, -0.15) is 0 Å². The second kappa shape index (κ2) is 8.53. The number of thioether (sulfide) groups is 1. The summed E-state index contributed by atoms with van der Waals surface area (Å²) in [6.07, 6.45) is 0. The fraction of sp³-hybridized carbons (Fsp3) is 0.0909. The molecule has 0 saturated heterocycles. The molecule has 1 aliphatic heterocycles. The predicted octanol–water partition coefficient (Wildman–Crippen LogP) is 3.91. The lowest BCUT2D eigenvalue weighted by molar-refractivity contribution is -0.115. The molecule has 0 radical (unpaired) electrons. The Kier molecular flexibility index (Phi) is 5.78. The van der Waals surface area contributed by atoms with E-state index in [1.807, 2.05) is 0 Å². The van der Waals surface area contributed by atoms with Gasteiger partial charge in [-0.15, -0.1) is 11.8 Å². The summed E-state index contributed by atoms with van der Waals surface area (Å²) in [6.45, 7) is 1.80. The van der Waals surface area contributed by atoms with Gasteiger partial charge in [0.2, 0.25) is 5.91 Å². The van der Waals surface area contributed by atoms with Gasteiger partial charge in [0.25, 0.3) is 15.9 Å². The molecule has 7 nitrogen and oxygen atoms in total. The molecule has 0 fully saturated rings. The van der Waals surface area contributed by atoms with Gasteiger partial charge in [-0.05, 0) is 67.6 Å². The number of hydrogen-bond donors (Lipinski definition) is 3. The average molecular weight is 470 g/mol. The van der Waals surface area contributed by atoms with E-state index in [-0.39, 0.29) is 27.4 Å². The third-order valence-electron chi connectivity index (χ3n) is 4.51. The van der Waals surface area contributed by atoms with Gasteiger partial charge in [-0.1, -0.05) is 6.07 Å². The molecular formula is C22H16FN3O4S2. The number of hydrogen-bond acceptors (Lipinski definition) is 5. The Morgan fingerprint density at radius 3 is 2.66 bits per heavy atom. The van der Waals surface area contributed by atoms with Crippen molar-refractivity contribution in [3.63, 3.8) is 0 Å². The maximum Gasteiger partial charge on any atom is 0.269 e. The van der Waals surface area contributed by atoms with E-state index in [0.29, 0.717) is 11.3 Å². The zero-order valence-corrected chi connectivity index (χ0v) is 18.2. The number of anilines is 3. The molecule has 1 aliphatic rings. The SMILES string of the molecule is CC1Sc2ccc(C(=O)Nc3c#cc(S(=O)(=O)Nc4cccc(F)c4)cc3)cc2NC1=O. The van der Waals surface area contributed by atoms with Crippen LogP contribution in [0.4, 0.5) is 21.5 Å². The molecule has 3 aromatic rings. The van der Waals surface area contributed by atoms with Gasteiger partial charge >= 0.3 is 0 Å². The van der Waals surface area contributed by atoms with Crippen LogP contribution in [0.1, 0.15) is 17.3 Å². The highest BCUT2D eigenvalue weighted by Crippen LogP contribution is 2.36. The Labute approximate surface area is 188 Å². The lowest BCUT2D eigenvalue weighted by atomic mass is 10.1. The minimum Gasteiger partial charge on any atom is -0.324 e. The molecule has 2 amide bonds. The van der Waals surface area contributed by atoms with E-state index in [0.717, 1.165) is 11.0 Å². The molecule has 1 heterocycles. The van der Waals surface area contributed by atoms with Crippen LogP contribution in [0, 0.1) is 17.9 Å². The third kappa shape index (κ3) is 4.69. The first-order chi connectivity index (χ1) is 15.2. The van der Waals surface area contributed by atoms with E-state index in [9.17, 15) is 22.4 Å². The summed E-state index contributed by atoms with van der Waals surface area (Å²) < 4.78 is 40.4. The van der Waals surface area contributed by atoms with Gasteiger partial charge in [0.1, 0.15) is 10.7 Å². The Hall–Kier alpha value is -3.55. The van der Waals surface area contributed by atoms with Crippen LogP contribution >= 0.6 is 11.8 Å². The minimum atomic E-state index is -4.01. The van der Waals surface area contributed by atoms with Gasteiger partial charge in [0.05, 0.1) is 22.3 Å². The number of amides is 2. The summed E-state index contributed by atoms with van der Waals surface area (Å²) in [5.41, 5.74) is 1.16. The molecule has 0 saturated carbocycles. The summed E-state index contributed by atoms with van der Waals surface area (Å²) in [4.78, 5) is 25.1. The van der Waals surface area contributed by atoms with Crippen molar-refractivity contribution >= 4 is 50.7 Å². The van der Waals surface area contributed by atoms with E-state index in [2.05, 4.69) is 27.5 Å². The van der Waals surface area contributed by atoms with Crippen molar-refractivity contribution in [1.29, 1.82) is 0 Å². The molecular weight excluding hydrogens is 453 g/mol. The highest BCUT2D eigenvalue weighted by molar-refractivity contribution is 8.01. The molecule has 162 valence electrons. The van der Waals surface area contributed by atoms with Crippen LogP contribution < -0.4 is 15.4 Å². The molecule has 0 aromatic heterocycles. The molecule has 0 spiro atoms. The highest BCUT2D eigenvalue weighted by atomic mass is 32.2. The first-order valence-corrected chi connectivity index (χ1v) is 11.7. The fourth-order valence-electron chi connectivity index (χ4n) is 2.91. The lowest BCUT2D eigenvalue weighted by Gasteiger charge is -2.21. The van der Waals surface area contributed by atoms with Crippen molar-refractivity contribution in [3.05, 3.63) is 78.1 Å². The lowest BCUT2D eigenvalue weighted by Crippen LogP contribution is -2.26. The van der Waals surface area contributed by atoms with E-state index >= 15 is 0 Å². The normalized spacial score (nSPS) is 15.2. The predicted molar refractivity (Wildman–Crippen MR) is 120 cm³/mol. The smallest absolute Gasteiger partial charge is 0.269 e. The van der Waals surface area contributed by atoms with Crippen LogP contribution in [-0.4, -0.2) is 25.5 Å². The van der Waals surface area contributed by atoms with Crippen molar-refractivity contribution < 1.29 is 22.4 Å². The summed E-state index contributed by atoms with van der Waals surface area (Å²) in [5, 5.41) is 5.17. The Morgan fingerprint density at radius 1 is 1.12 bits per heavy atom. The molecule has 1 atom stereocenters. The molecule has 0 aliphatic carbocycles. The third-order valence-corrected chi connectivity index (χ3v) is 7.01. The number of fused-ring (bicyclic) bond motifs is 1. The minimum absolute atomic E-state index is 0.0721. The van der Waals surface area contributed by atoms with Crippen molar-refractivity contribution in [2.75, 3.05) is 15.4 Å². The summed E-state index contributed by atoms with van der Waals surface area (Å²) in [6, 6.07) is 17.7. The van der Waals surface area contributed by atoms with Crippen LogP contribution in [-0.2, 0) is 14.8 Å². The number of sulfonamides is 1. The fourth-order valence-corrected chi connectivity index (χ4v) is 4.82. The Morgan fingerprint density at radius 2 is 1.94 bits per heavy atom. The summed E-state index contributed by atoms with van der Waals surface area (Å²) in [7, 11) is -4.01. The molecule has 1 unspecified atom stereocenters. The first kappa shape index (κ1) is 21.7. The Balaban J connectivity index is 1.46. The quantitative estimate of drug-likeness (QED) is 0.526. The Bertz CT molecular complexity index is 1310. The van der Waals surface area contributed by atoms with Crippen LogP contribution in [0.25, 0.3) is 0 Å². The summed E-state index contributed by atoms with van der Waals surface area (Å²) in [5.74, 6) is -1.16. The standard InChI is InChI=1S/C22H16FN3O4S2/c1-13-21(27)25-19-11-14(5-10-20(19)31-13)22(28)24-16-6-8-18(9-7-16)32(29,30)26-17-4-2-3-15(23)12-17/h2-6,8,10-13,26H,1H3,(H,24,28)(H,25,27). The van der Waals surface area contributed by atoms with Crippen LogP contribution in [0.5, 0.6) is 0 Å². The van der Waals surface area contributed by atoms with Crippen LogP contribution in [0.15, 0.2) is 64.4 Å². The van der Waals surface area contributed by atoms with Gasteiger partial charge in [-0.25, -0.2) is 12.8 Å². The van der Waals surface area contributed by atoms with Crippen molar-refractivity contribution in [2.24, 2.45) is 0 Å². The van der Waals surface area contributed by atoms with E-state index < -0.39 is 21.7 Å². The number of halogens is 1. The van der Waals surface area contributed by atoms with Crippen LogP contribution in [0.2, 0.25) is 0 Å². The van der Waals surface area contributed by atoms with Gasteiger partial charge in [0.15, 0.2) is 0 Å². The number of benzene rings is 2. The summed E-state index contributed by atoms with van der Waals surface area (Å²) >= 11 is 1.41.